The summed E-state index contributed by atoms with van der Waals surface area (Å²) < 4.78 is 1.94. The molecular formula is C9H15N3O. The number of aromatic nitrogens is 2. The molecule has 1 aromatic heterocycles. The average Bonchev–Trinajstić information content (AvgIpc) is 2.78. The van der Waals surface area contributed by atoms with Gasteiger partial charge in [-0.15, -0.1) is 0 Å². The van der Waals surface area contributed by atoms with Crippen molar-refractivity contribution in [3.63, 3.8) is 0 Å². The van der Waals surface area contributed by atoms with E-state index in [1.54, 1.807) is 0 Å². The van der Waals surface area contributed by atoms with Crippen molar-refractivity contribution < 1.29 is 4.84 Å². The second kappa shape index (κ2) is 3.12. The van der Waals surface area contributed by atoms with Crippen LogP contribution < -0.4 is 5.90 Å². The minimum atomic E-state index is 0.134. The predicted octanol–water partition coefficient (Wildman–Crippen LogP) is 0.825. The molecule has 1 aliphatic carbocycles. The maximum atomic E-state index is 5.10. The van der Waals surface area contributed by atoms with Gasteiger partial charge in [-0.2, -0.15) is 5.10 Å². The van der Waals surface area contributed by atoms with E-state index >= 15 is 0 Å². The highest BCUT2D eigenvalue weighted by molar-refractivity contribution is 5.23. The predicted molar refractivity (Wildman–Crippen MR) is 49.0 cm³/mol. The van der Waals surface area contributed by atoms with Gasteiger partial charge in [0.15, 0.2) is 0 Å². The summed E-state index contributed by atoms with van der Waals surface area (Å²) in [6, 6.07) is 2.06. The van der Waals surface area contributed by atoms with Crippen LogP contribution in [0.15, 0.2) is 12.3 Å². The van der Waals surface area contributed by atoms with Gasteiger partial charge in [0.2, 0.25) is 0 Å². The van der Waals surface area contributed by atoms with Gasteiger partial charge in [0.1, 0.15) is 0 Å². The summed E-state index contributed by atoms with van der Waals surface area (Å²) in [6.45, 7) is 3.59. The van der Waals surface area contributed by atoms with Gasteiger partial charge in [-0.25, -0.2) is 5.90 Å². The maximum Gasteiger partial charge on any atom is 0.0791 e. The Labute approximate surface area is 77.6 Å². The summed E-state index contributed by atoms with van der Waals surface area (Å²) in [5, 5.41) is 4.46. The molecule has 4 heteroatoms. The topological polar surface area (TPSA) is 53.1 Å². The van der Waals surface area contributed by atoms with Crippen LogP contribution in [-0.2, 0) is 16.8 Å². The normalized spacial score (nSPS) is 18.9. The van der Waals surface area contributed by atoms with E-state index in [0.29, 0.717) is 6.61 Å². The van der Waals surface area contributed by atoms with E-state index in [2.05, 4.69) is 18.1 Å². The highest BCUT2D eigenvalue weighted by Crippen LogP contribution is 2.47. The third kappa shape index (κ3) is 1.47. The third-order valence-electron chi connectivity index (χ3n) is 2.72. The SMILES string of the molecule is CCn1ccc(C2(CON)CC2)n1. The Morgan fingerprint density at radius 1 is 1.69 bits per heavy atom. The van der Waals surface area contributed by atoms with Gasteiger partial charge in [-0.05, 0) is 25.8 Å². The monoisotopic (exact) mass is 181 g/mol. The van der Waals surface area contributed by atoms with Crippen molar-refractivity contribution in [2.75, 3.05) is 6.61 Å². The highest BCUT2D eigenvalue weighted by Gasteiger charge is 2.46. The van der Waals surface area contributed by atoms with E-state index in [1.165, 1.54) is 0 Å². The molecule has 0 spiro atoms. The van der Waals surface area contributed by atoms with Crippen LogP contribution in [0.3, 0.4) is 0 Å². The second-order valence-corrected chi connectivity index (χ2v) is 3.65. The molecule has 72 valence electrons. The summed E-state index contributed by atoms with van der Waals surface area (Å²) in [5.41, 5.74) is 1.26. The lowest BCUT2D eigenvalue weighted by Gasteiger charge is -2.09. The fraction of sp³-hybridized carbons (Fsp3) is 0.667. The standard InChI is InChI=1S/C9H15N3O/c1-2-12-6-3-8(11-12)9(4-5-9)7-13-10/h3,6H,2,4-5,7,10H2,1H3. The largest absolute Gasteiger partial charge is 0.304 e. The number of nitrogens with zero attached hydrogens (tertiary/aromatic N) is 2. The minimum absolute atomic E-state index is 0.134. The molecule has 0 unspecified atom stereocenters. The Morgan fingerprint density at radius 3 is 2.92 bits per heavy atom. The first kappa shape index (κ1) is 8.72. The lowest BCUT2D eigenvalue weighted by atomic mass is 10.1. The van der Waals surface area contributed by atoms with Crippen LogP contribution in [0.5, 0.6) is 0 Å². The van der Waals surface area contributed by atoms with Crippen molar-refractivity contribution in [3.05, 3.63) is 18.0 Å². The van der Waals surface area contributed by atoms with Gasteiger partial charge in [0, 0.05) is 18.2 Å². The molecule has 0 aliphatic heterocycles. The van der Waals surface area contributed by atoms with E-state index in [0.717, 1.165) is 25.1 Å². The second-order valence-electron chi connectivity index (χ2n) is 3.65. The van der Waals surface area contributed by atoms with E-state index in [9.17, 15) is 0 Å². The number of hydrogen-bond acceptors (Lipinski definition) is 3. The number of nitrogens with two attached hydrogens (primary N) is 1. The Kier molecular flexibility index (Phi) is 2.09. The molecule has 1 fully saturated rings. The first-order chi connectivity index (χ1) is 6.30. The summed E-state index contributed by atoms with van der Waals surface area (Å²) in [4.78, 5) is 4.72. The zero-order valence-corrected chi connectivity index (χ0v) is 7.86. The summed E-state index contributed by atoms with van der Waals surface area (Å²) >= 11 is 0. The lowest BCUT2D eigenvalue weighted by molar-refractivity contribution is 0.115. The van der Waals surface area contributed by atoms with Gasteiger partial charge in [-0.1, -0.05) is 0 Å². The van der Waals surface area contributed by atoms with Crippen molar-refractivity contribution >= 4 is 0 Å². The third-order valence-corrected chi connectivity index (χ3v) is 2.72. The summed E-state index contributed by atoms with van der Waals surface area (Å²) in [6.07, 6.45) is 4.29. The van der Waals surface area contributed by atoms with E-state index in [-0.39, 0.29) is 5.41 Å². The van der Waals surface area contributed by atoms with Gasteiger partial charge in [0.25, 0.3) is 0 Å². The number of aryl methyl sites for hydroxylation is 1. The minimum Gasteiger partial charge on any atom is -0.304 e. The Bertz CT molecular complexity index is 291. The van der Waals surface area contributed by atoms with Crippen LogP contribution in [0.4, 0.5) is 0 Å². The molecule has 4 nitrogen and oxygen atoms in total. The molecule has 0 bridgehead atoms. The molecule has 1 saturated carbocycles. The van der Waals surface area contributed by atoms with Crippen LogP contribution in [0, 0.1) is 0 Å². The average molecular weight is 181 g/mol. The van der Waals surface area contributed by atoms with Crippen LogP contribution >= 0.6 is 0 Å². The van der Waals surface area contributed by atoms with Gasteiger partial charge < -0.3 is 4.84 Å². The molecule has 1 heterocycles. The van der Waals surface area contributed by atoms with Crippen molar-refractivity contribution in [1.82, 2.24) is 9.78 Å². The number of hydrogen-bond donors (Lipinski definition) is 1. The quantitative estimate of drug-likeness (QED) is 0.700. The van der Waals surface area contributed by atoms with Crippen molar-refractivity contribution in [2.24, 2.45) is 5.90 Å². The Hall–Kier alpha value is -0.870. The molecule has 13 heavy (non-hydrogen) atoms. The summed E-state index contributed by atoms with van der Waals surface area (Å²) in [7, 11) is 0. The molecule has 0 atom stereocenters. The van der Waals surface area contributed by atoms with Gasteiger partial charge in [0.05, 0.1) is 12.3 Å². The fourth-order valence-corrected chi connectivity index (χ4v) is 1.61. The molecule has 0 radical (unpaired) electrons. The van der Waals surface area contributed by atoms with Crippen molar-refractivity contribution in [3.8, 4) is 0 Å². The summed E-state index contributed by atoms with van der Waals surface area (Å²) in [5.74, 6) is 5.10. The van der Waals surface area contributed by atoms with Crippen LogP contribution in [0.25, 0.3) is 0 Å². The first-order valence-electron chi connectivity index (χ1n) is 4.66. The van der Waals surface area contributed by atoms with E-state index < -0.39 is 0 Å². The van der Waals surface area contributed by atoms with Crippen LogP contribution in [0.1, 0.15) is 25.5 Å². The van der Waals surface area contributed by atoms with Crippen molar-refractivity contribution in [1.29, 1.82) is 0 Å². The van der Waals surface area contributed by atoms with Crippen LogP contribution in [0.2, 0.25) is 0 Å². The zero-order chi connectivity index (χ0) is 9.31. The molecule has 0 saturated heterocycles. The molecule has 1 aromatic rings. The molecule has 2 rings (SSSR count). The highest BCUT2D eigenvalue weighted by atomic mass is 16.6. The smallest absolute Gasteiger partial charge is 0.0791 e. The molecule has 0 aromatic carbocycles. The van der Waals surface area contributed by atoms with Crippen LogP contribution in [-0.4, -0.2) is 16.4 Å². The lowest BCUT2D eigenvalue weighted by Crippen LogP contribution is -2.19. The van der Waals surface area contributed by atoms with Gasteiger partial charge in [-0.3, -0.25) is 4.68 Å². The maximum absolute atomic E-state index is 5.10. The van der Waals surface area contributed by atoms with E-state index in [4.69, 9.17) is 10.7 Å². The zero-order valence-electron chi connectivity index (χ0n) is 7.86. The molecule has 0 amide bonds. The Morgan fingerprint density at radius 2 is 2.46 bits per heavy atom. The molecule has 2 N–H and O–H groups in total. The first-order valence-corrected chi connectivity index (χ1v) is 4.66. The van der Waals surface area contributed by atoms with E-state index in [1.807, 2.05) is 10.9 Å². The van der Waals surface area contributed by atoms with Crippen molar-refractivity contribution in [2.45, 2.75) is 31.7 Å². The fourth-order valence-electron chi connectivity index (χ4n) is 1.61. The van der Waals surface area contributed by atoms with Gasteiger partial charge >= 0.3 is 0 Å². The number of rotatable bonds is 4. The molecular weight excluding hydrogens is 166 g/mol. The molecule has 1 aliphatic rings. The Balaban J connectivity index is 2.15.